The molecule has 4 aromatic rings. The first kappa shape index (κ1) is 21.4. The Kier molecular flexibility index (Phi) is 5.25. The highest BCUT2D eigenvalue weighted by atomic mass is 16.6. The van der Waals surface area contributed by atoms with Crippen LogP contribution in [-0.2, 0) is 9.53 Å². The van der Waals surface area contributed by atoms with Gasteiger partial charge in [0.05, 0.1) is 0 Å². The molecule has 5 heteroatoms. The molecule has 6 rings (SSSR count). The minimum Gasteiger partial charge on any atom is -0.480 e. The highest BCUT2D eigenvalue weighted by Crippen LogP contribution is 2.44. The van der Waals surface area contributed by atoms with Gasteiger partial charge in [-0.3, -0.25) is 4.90 Å². The monoisotopic (exact) mass is 463 g/mol. The van der Waals surface area contributed by atoms with Gasteiger partial charge in [-0.05, 0) is 45.0 Å². The van der Waals surface area contributed by atoms with E-state index in [1.165, 1.54) is 4.90 Å². The van der Waals surface area contributed by atoms with Gasteiger partial charge in [-0.1, -0.05) is 91.0 Å². The smallest absolute Gasteiger partial charge is 0.410 e. The first-order valence-electron chi connectivity index (χ1n) is 11.9. The van der Waals surface area contributed by atoms with E-state index >= 15 is 0 Å². The van der Waals surface area contributed by atoms with Gasteiger partial charge in [0, 0.05) is 18.4 Å². The molecule has 1 heterocycles. The van der Waals surface area contributed by atoms with Crippen molar-refractivity contribution in [2.45, 2.75) is 24.3 Å². The molecule has 1 aliphatic heterocycles. The number of hydrogen-bond acceptors (Lipinski definition) is 3. The molecule has 4 aromatic carbocycles. The summed E-state index contributed by atoms with van der Waals surface area (Å²) in [5.41, 5.74) is 5.62. The molecule has 1 amide bonds. The Bertz CT molecular complexity index is 1400. The van der Waals surface area contributed by atoms with Crippen LogP contribution in [0.25, 0.3) is 21.9 Å². The average Bonchev–Trinajstić information content (AvgIpc) is 3.48. The van der Waals surface area contributed by atoms with E-state index in [2.05, 4.69) is 42.5 Å². The second-order valence-corrected chi connectivity index (χ2v) is 9.35. The Hall–Kier alpha value is -4.12. The Morgan fingerprint density at radius 1 is 0.829 bits per heavy atom. The van der Waals surface area contributed by atoms with E-state index in [0.717, 1.165) is 38.6 Å². The summed E-state index contributed by atoms with van der Waals surface area (Å²) < 4.78 is 5.78. The van der Waals surface area contributed by atoms with Gasteiger partial charge in [0.2, 0.25) is 0 Å². The van der Waals surface area contributed by atoms with Crippen LogP contribution in [0.4, 0.5) is 4.79 Å². The Morgan fingerprint density at radius 3 is 2.14 bits per heavy atom. The lowest BCUT2D eigenvalue weighted by atomic mass is 9.94. The van der Waals surface area contributed by atoms with Gasteiger partial charge in [0.1, 0.15) is 12.6 Å². The lowest BCUT2D eigenvalue weighted by Gasteiger charge is -2.22. The van der Waals surface area contributed by atoms with Crippen LogP contribution >= 0.6 is 0 Å². The zero-order valence-corrected chi connectivity index (χ0v) is 19.1. The lowest BCUT2D eigenvalue weighted by Crippen LogP contribution is -2.41. The maximum Gasteiger partial charge on any atom is 0.410 e. The number of likely N-dealkylation sites (tertiary alicyclic amines) is 1. The van der Waals surface area contributed by atoms with E-state index in [-0.39, 0.29) is 18.4 Å². The average molecular weight is 464 g/mol. The van der Waals surface area contributed by atoms with Crippen LogP contribution in [0, 0.1) is 0 Å². The molecule has 2 atom stereocenters. The number of carbonyl (C=O) groups excluding carboxylic acids is 1. The SMILES string of the molecule is O=C(O)C1CC(c2ccc3ccccc3c2)CN1C(=O)OCC1c2ccccc2-c2ccccc21. The van der Waals surface area contributed by atoms with Crippen molar-refractivity contribution in [1.29, 1.82) is 0 Å². The molecule has 0 saturated carbocycles. The van der Waals surface area contributed by atoms with Gasteiger partial charge in [-0.2, -0.15) is 0 Å². The molecule has 0 radical (unpaired) electrons. The molecule has 5 nitrogen and oxygen atoms in total. The third-order valence-corrected chi connectivity index (χ3v) is 7.40. The fourth-order valence-corrected chi connectivity index (χ4v) is 5.65. The molecule has 1 aliphatic carbocycles. The van der Waals surface area contributed by atoms with Gasteiger partial charge in [-0.15, -0.1) is 0 Å². The van der Waals surface area contributed by atoms with Crippen LogP contribution in [0.15, 0.2) is 91.0 Å². The highest BCUT2D eigenvalue weighted by Gasteiger charge is 2.41. The summed E-state index contributed by atoms with van der Waals surface area (Å²) in [6, 6.07) is 29.7. The van der Waals surface area contributed by atoms with E-state index in [0.29, 0.717) is 13.0 Å². The number of carboxylic acid groups (broad SMARTS) is 1. The van der Waals surface area contributed by atoms with Crippen LogP contribution in [-0.4, -0.2) is 41.3 Å². The van der Waals surface area contributed by atoms with Gasteiger partial charge in [0.25, 0.3) is 0 Å². The summed E-state index contributed by atoms with van der Waals surface area (Å²) in [5, 5.41) is 12.1. The molecule has 174 valence electrons. The maximum absolute atomic E-state index is 13.2. The first-order chi connectivity index (χ1) is 17.1. The number of aliphatic carboxylic acids is 1. The van der Waals surface area contributed by atoms with Crippen LogP contribution in [0.3, 0.4) is 0 Å². The van der Waals surface area contributed by atoms with Gasteiger partial charge < -0.3 is 9.84 Å². The first-order valence-corrected chi connectivity index (χ1v) is 11.9. The minimum atomic E-state index is -0.998. The summed E-state index contributed by atoms with van der Waals surface area (Å²) in [7, 11) is 0. The number of amides is 1. The van der Waals surface area contributed by atoms with Crippen LogP contribution < -0.4 is 0 Å². The summed E-state index contributed by atoms with van der Waals surface area (Å²) in [5.74, 6) is -1.11. The second kappa shape index (κ2) is 8.58. The van der Waals surface area contributed by atoms with Crippen molar-refractivity contribution in [2.75, 3.05) is 13.2 Å². The minimum absolute atomic E-state index is 0.0545. The number of rotatable bonds is 4. The number of benzene rings is 4. The fourth-order valence-electron chi connectivity index (χ4n) is 5.65. The number of fused-ring (bicyclic) bond motifs is 4. The molecule has 2 aliphatic rings. The van der Waals surface area contributed by atoms with Crippen molar-refractivity contribution in [3.63, 3.8) is 0 Å². The standard InChI is InChI=1S/C30H25NO4/c32-29(33)28-16-22(21-14-13-19-7-1-2-8-20(19)15-21)17-31(28)30(34)35-18-27-25-11-5-3-9-23(25)24-10-4-6-12-26(24)27/h1-15,22,27-28H,16-18H2,(H,32,33). The molecule has 2 unspecified atom stereocenters. The highest BCUT2D eigenvalue weighted by molar-refractivity contribution is 5.84. The third kappa shape index (κ3) is 3.73. The predicted octanol–water partition coefficient (Wildman–Crippen LogP) is 6.03. The molecular weight excluding hydrogens is 438 g/mol. The summed E-state index contributed by atoms with van der Waals surface area (Å²) in [6.45, 7) is 0.502. The number of carboxylic acids is 1. The molecule has 0 aromatic heterocycles. The second-order valence-electron chi connectivity index (χ2n) is 9.35. The zero-order chi connectivity index (χ0) is 23.9. The van der Waals surface area contributed by atoms with Crippen molar-refractivity contribution in [3.05, 3.63) is 108 Å². The number of hydrogen-bond donors (Lipinski definition) is 1. The summed E-state index contributed by atoms with van der Waals surface area (Å²) in [4.78, 5) is 26.6. The van der Waals surface area contributed by atoms with Crippen LogP contribution in [0.2, 0.25) is 0 Å². The molecule has 0 bridgehead atoms. The topological polar surface area (TPSA) is 66.8 Å². The van der Waals surface area contributed by atoms with E-state index in [4.69, 9.17) is 4.74 Å². The Morgan fingerprint density at radius 2 is 1.46 bits per heavy atom. The quantitative estimate of drug-likeness (QED) is 0.401. The van der Waals surface area contributed by atoms with E-state index in [9.17, 15) is 14.7 Å². The zero-order valence-electron chi connectivity index (χ0n) is 19.1. The van der Waals surface area contributed by atoms with Gasteiger partial charge >= 0.3 is 12.1 Å². The number of nitrogens with zero attached hydrogens (tertiary/aromatic N) is 1. The van der Waals surface area contributed by atoms with Gasteiger partial charge in [-0.25, -0.2) is 9.59 Å². The van der Waals surface area contributed by atoms with Crippen LogP contribution in [0.1, 0.15) is 34.9 Å². The van der Waals surface area contributed by atoms with E-state index in [1.807, 2.05) is 48.5 Å². The normalized spacial score (nSPS) is 18.9. The molecule has 35 heavy (non-hydrogen) atoms. The largest absolute Gasteiger partial charge is 0.480 e. The predicted molar refractivity (Wildman–Crippen MR) is 135 cm³/mol. The third-order valence-electron chi connectivity index (χ3n) is 7.40. The van der Waals surface area contributed by atoms with E-state index < -0.39 is 18.1 Å². The molecule has 1 saturated heterocycles. The van der Waals surface area contributed by atoms with Crippen LogP contribution in [0.5, 0.6) is 0 Å². The lowest BCUT2D eigenvalue weighted by molar-refractivity contribution is -0.141. The van der Waals surface area contributed by atoms with Crippen molar-refractivity contribution >= 4 is 22.8 Å². The Balaban J connectivity index is 1.21. The van der Waals surface area contributed by atoms with Crippen molar-refractivity contribution < 1.29 is 19.4 Å². The molecular formula is C30H25NO4. The molecule has 1 fully saturated rings. The van der Waals surface area contributed by atoms with Crippen molar-refractivity contribution in [2.24, 2.45) is 0 Å². The number of ether oxygens (including phenoxy) is 1. The van der Waals surface area contributed by atoms with Gasteiger partial charge in [0.15, 0.2) is 0 Å². The summed E-state index contributed by atoms with van der Waals surface area (Å²) >= 11 is 0. The number of carbonyl (C=O) groups is 2. The molecule has 0 spiro atoms. The maximum atomic E-state index is 13.2. The molecule has 1 N–H and O–H groups in total. The van der Waals surface area contributed by atoms with Crippen molar-refractivity contribution in [3.8, 4) is 11.1 Å². The fraction of sp³-hybridized carbons (Fsp3) is 0.200. The summed E-state index contributed by atoms with van der Waals surface area (Å²) in [6.07, 6.45) is -0.194. The van der Waals surface area contributed by atoms with E-state index in [1.54, 1.807) is 0 Å². The Labute approximate surface area is 203 Å². The van der Waals surface area contributed by atoms with Crippen molar-refractivity contribution in [1.82, 2.24) is 4.90 Å².